The van der Waals surface area contributed by atoms with Crippen molar-refractivity contribution in [3.05, 3.63) is 46.0 Å². The minimum absolute atomic E-state index is 0.109. The number of hydrogen-bond donors (Lipinski definition) is 2. The number of amidine groups is 1. The highest BCUT2D eigenvalue weighted by atomic mass is 35.5. The van der Waals surface area contributed by atoms with E-state index in [0.717, 1.165) is 11.8 Å². The molecule has 2 N–H and O–H groups in total. The fraction of sp³-hybridized carbons (Fsp3) is 0.214. The summed E-state index contributed by atoms with van der Waals surface area (Å²) >= 11 is 7.07. The lowest BCUT2D eigenvalue weighted by Crippen LogP contribution is -2.28. The zero-order valence-electron chi connectivity index (χ0n) is 12.3. The summed E-state index contributed by atoms with van der Waals surface area (Å²) in [6, 6.07) is 3.73. The largest absolute Gasteiger partial charge is 0.325 e. The van der Waals surface area contributed by atoms with E-state index in [1.54, 1.807) is 6.08 Å². The van der Waals surface area contributed by atoms with Crippen molar-refractivity contribution in [3.63, 3.8) is 0 Å². The topological polar surface area (TPSA) is 114 Å². The maximum Gasteiger partial charge on any atom is 0.271 e. The minimum atomic E-state index is -0.619. The van der Waals surface area contributed by atoms with Crippen LogP contribution >= 0.6 is 23.4 Å². The summed E-state index contributed by atoms with van der Waals surface area (Å²) in [5, 5.41) is 15.8. The molecule has 126 valence electrons. The first-order valence-electron chi connectivity index (χ1n) is 6.77. The Morgan fingerprint density at radius 2 is 2.33 bits per heavy atom. The van der Waals surface area contributed by atoms with Crippen molar-refractivity contribution in [2.24, 2.45) is 4.99 Å². The van der Waals surface area contributed by atoms with Gasteiger partial charge in [-0.3, -0.25) is 24.7 Å². The number of nitrogens with zero attached hydrogens (tertiary/aromatic N) is 2. The fourth-order valence-electron chi connectivity index (χ4n) is 1.85. The lowest BCUT2D eigenvalue weighted by atomic mass is 10.2. The normalized spacial score (nSPS) is 18.3. The average molecular weight is 369 g/mol. The van der Waals surface area contributed by atoms with Gasteiger partial charge >= 0.3 is 0 Å². The molecule has 1 aromatic carbocycles. The Morgan fingerprint density at radius 3 is 3.00 bits per heavy atom. The van der Waals surface area contributed by atoms with Crippen LogP contribution in [0.1, 0.15) is 6.42 Å². The van der Waals surface area contributed by atoms with Crippen LogP contribution in [0.25, 0.3) is 0 Å². The highest BCUT2D eigenvalue weighted by Crippen LogP contribution is 2.28. The van der Waals surface area contributed by atoms with Crippen molar-refractivity contribution in [1.29, 1.82) is 0 Å². The minimum Gasteiger partial charge on any atom is -0.325 e. The molecule has 2 amide bonds. The van der Waals surface area contributed by atoms with Gasteiger partial charge in [0.2, 0.25) is 11.8 Å². The molecule has 1 saturated heterocycles. The number of aliphatic imine (C=N–C) groups is 1. The molecule has 10 heteroatoms. The van der Waals surface area contributed by atoms with Crippen LogP contribution in [0.3, 0.4) is 0 Å². The maximum atomic E-state index is 12.1. The smallest absolute Gasteiger partial charge is 0.271 e. The van der Waals surface area contributed by atoms with E-state index in [9.17, 15) is 19.7 Å². The van der Waals surface area contributed by atoms with Crippen molar-refractivity contribution in [1.82, 2.24) is 5.32 Å². The highest BCUT2D eigenvalue weighted by Gasteiger charge is 2.32. The number of benzene rings is 1. The van der Waals surface area contributed by atoms with Crippen molar-refractivity contribution in [3.8, 4) is 0 Å². The van der Waals surface area contributed by atoms with E-state index in [4.69, 9.17) is 11.6 Å². The van der Waals surface area contributed by atoms with Gasteiger partial charge in [0.05, 0.1) is 22.2 Å². The molecule has 0 radical (unpaired) electrons. The fourth-order valence-corrected chi connectivity index (χ4v) is 3.00. The molecule has 1 aromatic rings. The number of nitro benzene ring substituents is 1. The second-order valence-electron chi connectivity index (χ2n) is 4.70. The van der Waals surface area contributed by atoms with E-state index in [2.05, 4.69) is 22.2 Å². The standard InChI is InChI=1S/C14H13ClN4O4S/c1-2-5-16-14-18-13(21)11(24-14)7-12(20)17-10-6-8(19(22)23)3-4-9(10)15/h2-4,6,11H,1,5,7H2,(H,17,20)(H,16,18,21)/t11-/m0/s1. The van der Waals surface area contributed by atoms with Gasteiger partial charge in [-0.25, -0.2) is 0 Å². The Kier molecular flexibility index (Phi) is 5.93. The first-order valence-corrected chi connectivity index (χ1v) is 8.03. The molecule has 0 unspecified atom stereocenters. The molecule has 1 fully saturated rings. The summed E-state index contributed by atoms with van der Waals surface area (Å²) in [5.74, 6) is -0.793. The van der Waals surface area contributed by atoms with Crippen LogP contribution in [0.5, 0.6) is 0 Å². The molecular weight excluding hydrogens is 356 g/mol. The molecule has 0 aromatic heterocycles. The molecule has 8 nitrogen and oxygen atoms in total. The lowest BCUT2D eigenvalue weighted by Gasteiger charge is -2.08. The molecule has 0 bridgehead atoms. The number of amides is 2. The Balaban J connectivity index is 2.01. The summed E-state index contributed by atoms with van der Waals surface area (Å²) in [6.45, 7) is 3.89. The van der Waals surface area contributed by atoms with Crippen LogP contribution in [0.15, 0.2) is 35.8 Å². The Hall–Kier alpha value is -2.39. The highest BCUT2D eigenvalue weighted by molar-refractivity contribution is 8.15. The number of hydrogen-bond acceptors (Lipinski definition) is 6. The van der Waals surface area contributed by atoms with Gasteiger partial charge in [-0.15, -0.1) is 6.58 Å². The van der Waals surface area contributed by atoms with Gasteiger partial charge in [0.1, 0.15) is 5.25 Å². The average Bonchev–Trinajstić information content (AvgIpc) is 2.87. The molecule has 0 saturated carbocycles. The second-order valence-corrected chi connectivity index (χ2v) is 6.30. The zero-order chi connectivity index (χ0) is 17.7. The maximum absolute atomic E-state index is 12.1. The van der Waals surface area contributed by atoms with E-state index < -0.39 is 16.1 Å². The summed E-state index contributed by atoms with van der Waals surface area (Å²) in [7, 11) is 0. The number of non-ortho nitro benzene ring substituents is 1. The number of nitrogens with one attached hydrogen (secondary N) is 2. The van der Waals surface area contributed by atoms with Crippen molar-refractivity contribution >= 4 is 51.7 Å². The number of nitro groups is 1. The molecule has 1 heterocycles. The van der Waals surface area contributed by atoms with Crippen molar-refractivity contribution in [2.45, 2.75) is 11.7 Å². The predicted molar refractivity (Wildman–Crippen MR) is 93.4 cm³/mol. The third kappa shape index (κ3) is 4.56. The monoisotopic (exact) mass is 368 g/mol. The van der Waals surface area contributed by atoms with Crippen LogP contribution in [-0.2, 0) is 9.59 Å². The van der Waals surface area contributed by atoms with Gasteiger partial charge in [0.15, 0.2) is 5.17 Å². The summed E-state index contributed by atoms with van der Waals surface area (Å²) in [5.41, 5.74) is -0.0682. The molecule has 1 aliphatic rings. The van der Waals surface area contributed by atoms with E-state index in [1.165, 1.54) is 18.2 Å². The van der Waals surface area contributed by atoms with Gasteiger partial charge < -0.3 is 10.6 Å². The van der Waals surface area contributed by atoms with Crippen LogP contribution in [0.4, 0.5) is 11.4 Å². The van der Waals surface area contributed by atoms with Gasteiger partial charge in [-0.05, 0) is 6.07 Å². The first-order chi connectivity index (χ1) is 11.4. The molecule has 24 heavy (non-hydrogen) atoms. The zero-order valence-corrected chi connectivity index (χ0v) is 13.9. The third-order valence-corrected chi connectivity index (χ3v) is 4.40. The molecule has 1 aliphatic heterocycles. The molecule has 0 aliphatic carbocycles. The van der Waals surface area contributed by atoms with Crippen molar-refractivity contribution in [2.75, 3.05) is 11.9 Å². The SMILES string of the molecule is C=CCN=C1NC(=O)[C@H](CC(=O)Nc2cc([N+](=O)[O-])ccc2Cl)S1. The number of halogens is 1. The summed E-state index contributed by atoms with van der Waals surface area (Å²) < 4.78 is 0. The van der Waals surface area contributed by atoms with Gasteiger partial charge in [0.25, 0.3) is 5.69 Å². The van der Waals surface area contributed by atoms with E-state index in [1.807, 2.05) is 0 Å². The molecule has 2 rings (SSSR count). The second kappa shape index (κ2) is 7.93. The van der Waals surface area contributed by atoms with Gasteiger partial charge in [0, 0.05) is 18.6 Å². The van der Waals surface area contributed by atoms with Gasteiger partial charge in [-0.1, -0.05) is 29.4 Å². The first kappa shape index (κ1) is 18.0. The number of rotatable bonds is 6. The van der Waals surface area contributed by atoms with Crippen LogP contribution in [0.2, 0.25) is 5.02 Å². The number of thioether (sulfide) groups is 1. The van der Waals surface area contributed by atoms with Crippen molar-refractivity contribution < 1.29 is 14.5 Å². The van der Waals surface area contributed by atoms with E-state index >= 15 is 0 Å². The quantitative estimate of drug-likeness (QED) is 0.454. The number of carbonyl (C=O) groups is 2. The van der Waals surface area contributed by atoms with E-state index in [0.29, 0.717) is 11.7 Å². The molecular formula is C14H13ClN4O4S. The number of carbonyl (C=O) groups excluding carboxylic acids is 2. The third-order valence-electron chi connectivity index (χ3n) is 2.95. The Bertz CT molecular complexity index is 737. The molecule has 0 spiro atoms. The van der Waals surface area contributed by atoms with Crippen LogP contribution in [0, 0.1) is 10.1 Å². The van der Waals surface area contributed by atoms with E-state index in [-0.39, 0.29) is 28.7 Å². The predicted octanol–water partition coefficient (Wildman–Crippen LogP) is 2.35. The Morgan fingerprint density at radius 1 is 1.58 bits per heavy atom. The Labute approximate surface area is 146 Å². The molecule has 1 atom stereocenters. The van der Waals surface area contributed by atoms with Gasteiger partial charge in [-0.2, -0.15) is 0 Å². The number of anilines is 1. The van der Waals surface area contributed by atoms with Crippen LogP contribution < -0.4 is 10.6 Å². The lowest BCUT2D eigenvalue weighted by molar-refractivity contribution is -0.384. The summed E-state index contributed by atoms with van der Waals surface area (Å²) in [4.78, 5) is 38.2. The van der Waals surface area contributed by atoms with Crippen LogP contribution in [-0.4, -0.2) is 33.7 Å². The summed E-state index contributed by atoms with van der Waals surface area (Å²) in [6.07, 6.45) is 1.48.